The first-order valence-corrected chi connectivity index (χ1v) is 8.73. The molecule has 2 N–H and O–H groups in total. The fraction of sp³-hybridized carbons (Fsp3) is 0.588. The minimum Gasteiger partial charge on any atom is -0.496 e. The lowest BCUT2D eigenvalue weighted by Gasteiger charge is -2.19. The minimum absolute atomic E-state index is 0. The van der Waals surface area contributed by atoms with Gasteiger partial charge in [-0.05, 0) is 64.7 Å². The maximum atomic E-state index is 12.4. The van der Waals surface area contributed by atoms with Crippen LogP contribution in [0.2, 0.25) is 0 Å². The Balaban J connectivity index is 0.00000192. The predicted molar refractivity (Wildman–Crippen MR) is 97.0 cm³/mol. The molecular weight excluding hydrogens is 380 g/mol. The number of carbonyl (C=O) groups excluding carboxylic acids is 1. The van der Waals surface area contributed by atoms with Gasteiger partial charge in [-0.1, -0.05) is 6.07 Å². The Morgan fingerprint density at radius 1 is 1.39 bits per heavy atom. The zero-order valence-electron chi connectivity index (χ0n) is 13.3. The van der Waals surface area contributed by atoms with Crippen molar-refractivity contribution in [3.05, 3.63) is 28.2 Å². The molecule has 3 unspecified atom stereocenters. The first kappa shape index (κ1) is 18.6. The molecule has 2 fully saturated rings. The van der Waals surface area contributed by atoms with Crippen molar-refractivity contribution in [2.75, 3.05) is 20.2 Å². The number of hydrogen-bond donors (Lipinski definition) is 1. The van der Waals surface area contributed by atoms with Gasteiger partial charge in [0.1, 0.15) is 5.75 Å². The normalized spacial score (nSPS) is 25.9. The van der Waals surface area contributed by atoms with Gasteiger partial charge in [0.25, 0.3) is 0 Å². The SMILES string of the molecule is COc1ccc(CCC(=O)N2CC3CCC(N)C3C2)cc1Br.Cl. The molecule has 6 heteroatoms. The molecule has 1 saturated carbocycles. The van der Waals surface area contributed by atoms with Crippen molar-refractivity contribution >= 4 is 34.2 Å². The number of halogens is 2. The van der Waals surface area contributed by atoms with Crippen LogP contribution >= 0.6 is 28.3 Å². The third-order valence-electron chi connectivity index (χ3n) is 5.11. The lowest BCUT2D eigenvalue weighted by atomic mass is 9.98. The molecule has 1 aromatic carbocycles. The number of likely N-dealkylation sites (tertiary alicyclic amines) is 1. The summed E-state index contributed by atoms with van der Waals surface area (Å²) in [6.45, 7) is 1.76. The lowest BCUT2D eigenvalue weighted by molar-refractivity contribution is -0.130. The Morgan fingerprint density at radius 3 is 2.83 bits per heavy atom. The Kier molecular flexibility index (Phi) is 6.34. The highest BCUT2D eigenvalue weighted by atomic mass is 79.9. The first-order chi connectivity index (χ1) is 10.6. The molecule has 23 heavy (non-hydrogen) atoms. The van der Waals surface area contributed by atoms with Crippen LogP contribution in [-0.2, 0) is 11.2 Å². The zero-order chi connectivity index (χ0) is 15.7. The molecule has 0 radical (unpaired) electrons. The van der Waals surface area contributed by atoms with E-state index >= 15 is 0 Å². The van der Waals surface area contributed by atoms with Crippen LogP contribution < -0.4 is 10.5 Å². The predicted octanol–water partition coefficient (Wildman–Crippen LogP) is 3.01. The number of rotatable bonds is 4. The fourth-order valence-electron chi connectivity index (χ4n) is 3.79. The molecule has 1 amide bonds. The number of nitrogens with zero attached hydrogens (tertiary/aromatic N) is 1. The smallest absolute Gasteiger partial charge is 0.222 e. The molecule has 3 atom stereocenters. The van der Waals surface area contributed by atoms with Crippen LogP contribution in [-0.4, -0.2) is 37.0 Å². The number of carbonyl (C=O) groups is 1. The topological polar surface area (TPSA) is 55.6 Å². The fourth-order valence-corrected chi connectivity index (χ4v) is 4.37. The zero-order valence-corrected chi connectivity index (χ0v) is 15.7. The second-order valence-electron chi connectivity index (χ2n) is 6.43. The third-order valence-corrected chi connectivity index (χ3v) is 5.73. The molecule has 1 aliphatic heterocycles. The van der Waals surface area contributed by atoms with Crippen molar-refractivity contribution in [1.82, 2.24) is 4.90 Å². The van der Waals surface area contributed by atoms with E-state index < -0.39 is 0 Å². The number of hydrogen-bond acceptors (Lipinski definition) is 3. The van der Waals surface area contributed by atoms with E-state index in [1.54, 1.807) is 7.11 Å². The monoisotopic (exact) mass is 402 g/mol. The van der Waals surface area contributed by atoms with Crippen LogP contribution in [0.3, 0.4) is 0 Å². The van der Waals surface area contributed by atoms with E-state index in [4.69, 9.17) is 10.5 Å². The van der Waals surface area contributed by atoms with Crippen molar-refractivity contribution in [2.24, 2.45) is 17.6 Å². The minimum atomic E-state index is 0. The van der Waals surface area contributed by atoms with Crippen molar-refractivity contribution in [3.63, 3.8) is 0 Å². The van der Waals surface area contributed by atoms with Gasteiger partial charge in [0.15, 0.2) is 0 Å². The molecule has 3 rings (SSSR count). The van der Waals surface area contributed by atoms with Crippen LogP contribution in [0.4, 0.5) is 0 Å². The molecule has 1 saturated heterocycles. The number of methoxy groups -OCH3 is 1. The summed E-state index contributed by atoms with van der Waals surface area (Å²) in [4.78, 5) is 14.4. The molecule has 0 spiro atoms. The van der Waals surface area contributed by atoms with Gasteiger partial charge in [0.05, 0.1) is 11.6 Å². The van der Waals surface area contributed by atoms with Crippen molar-refractivity contribution in [3.8, 4) is 5.75 Å². The molecule has 1 heterocycles. The molecule has 4 nitrogen and oxygen atoms in total. The Morgan fingerprint density at radius 2 is 2.17 bits per heavy atom. The van der Waals surface area contributed by atoms with E-state index in [-0.39, 0.29) is 18.3 Å². The number of aryl methyl sites for hydroxylation is 1. The van der Waals surface area contributed by atoms with Gasteiger partial charge in [-0.15, -0.1) is 12.4 Å². The van der Waals surface area contributed by atoms with Gasteiger partial charge in [0, 0.05) is 25.6 Å². The van der Waals surface area contributed by atoms with Crippen molar-refractivity contribution in [1.29, 1.82) is 0 Å². The summed E-state index contributed by atoms with van der Waals surface area (Å²) in [5.74, 6) is 2.23. The number of nitrogens with two attached hydrogens (primary N) is 1. The van der Waals surface area contributed by atoms with E-state index in [2.05, 4.69) is 15.9 Å². The number of fused-ring (bicyclic) bond motifs is 1. The molecule has 128 valence electrons. The largest absolute Gasteiger partial charge is 0.496 e. The average Bonchev–Trinajstić information content (AvgIpc) is 3.07. The van der Waals surface area contributed by atoms with E-state index in [0.29, 0.717) is 24.3 Å². The summed E-state index contributed by atoms with van der Waals surface area (Å²) >= 11 is 3.49. The van der Waals surface area contributed by atoms with Crippen LogP contribution in [0, 0.1) is 11.8 Å². The Bertz CT molecular complexity index is 570. The first-order valence-electron chi connectivity index (χ1n) is 7.94. The maximum absolute atomic E-state index is 12.4. The lowest BCUT2D eigenvalue weighted by Crippen LogP contribution is -2.33. The molecule has 0 aromatic heterocycles. The van der Waals surface area contributed by atoms with E-state index in [1.807, 2.05) is 23.1 Å². The van der Waals surface area contributed by atoms with Crippen molar-refractivity contribution < 1.29 is 9.53 Å². The van der Waals surface area contributed by atoms with E-state index in [9.17, 15) is 4.79 Å². The standard InChI is InChI=1S/C17H23BrN2O2.ClH/c1-22-16-6-2-11(8-14(16)18)3-7-17(21)20-9-12-4-5-15(19)13(12)10-20;/h2,6,8,12-13,15H,3-5,7,9-10,19H2,1H3;1H. The summed E-state index contributed by atoms with van der Waals surface area (Å²) in [6, 6.07) is 6.27. The summed E-state index contributed by atoms with van der Waals surface area (Å²) in [5, 5.41) is 0. The number of ether oxygens (including phenoxy) is 1. The highest BCUT2D eigenvalue weighted by Gasteiger charge is 2.42. The summed E-state index contributed by atoms with van der Waals surface area (Å²) in [7, 11) is 1.65. The summed E-state index contributed by atoms with van der Waals surface area (Å²) < 4.78 is 6.16. The Hall–Kier alpha value is -0.780. The van der Waals surface area contributed by atoms with Gasteiger partial charge >= 0.3 is 0 Å². The Labute approximate surface area is 152 Å². The van der Waals surface area contributed by atoms with E-state index in [0.717, 1.165) is 41.7 Å². The van der Waals surface area contributed by atoms with Crippen LogP contribution in [0.25, 0.3) is 0 Å². The van der Waals surface area contributed by atoms with Gasteiger partial charge < -0.3 is 15.4 Å². The number of benzene rings is 1. The highest BCUT2D eigenvalue weighted by molar-refractivity contribution is 9.10. The maximum Gasteiger partial charge on any atom is 0.222 e. The van der Waals surface area contributed by atoms with Crippen LogP contribution in [0.15, 0.2) is 22.7 Å². The van der Waals surface area contributed by atoms with Crippen LogP contribution in [0.5, 0.6) is 5.75 Å². The summed E-state index contributed by atoms with van der Waals surface area (Å²) in [6.07, 6.45) is 3.63. The van der Waals surface area contributed by atoms with Crippen molar-refractivity contribution in [2.45, 2.75) is 31.7 Å². The quantitative estimate of drug-likeness (QED) is 0.841. The third kappa shape index (κ3) is 4.01. The van der Waals surface area contributed by atoms with Gasteiger partial charge in [-0.3, -0.25) is 4.79 Å². The van der Waals surface area contributed by atoms with E-state index in [1.165, 1.54) is 6.42 Å². The van der Waals surface area contributed by atoms with Gasteiger partial charge in [-0.2, -0.15) is 0 Å². The molecule has 0 bridgehead atoms. The second kappa shape index (κ2) is 7.86. The summed E-state index contributed by atoms with van der Waals surface area (Å²) in [5.41, 5.74) is 7.29. The molecule has 1 aliphatic carbocycles. The second-order valence-corrected chi connectivity index (χ2v) is 7.29. The average molecular weight is 404 g/mol. The molecule has 2 aliphatic rings. The number of amides is 1. The molecular formula is C17H24BrClN2O2. The van der Waals surface area contributed by atoms with Gasteiger partial charge in [0.2, 0.25) is 5.91 Å². The highest BCUT2D eigenvalue weighted by Crippen LogP contribution is 2.37. The van der Waals surface area contributed by atoms with Crippen LogP contribution in [0.1, 0.15) is 24.8 Å². The molecule has 1 aromatic rings. The van der Waals surface area contributed by atoms with Gasteiger partial charge in [-0.25, -0.2) is 0 Å².